The number of aryl methyl sites for hydroxylation is 4. The minimum absolute atomic E-state index is 0.108. The second kappa shape index (κ2) is 9.37. The second-order valence-corrected chi connectivity index (χ2v) is 7.22. The molecule has 0 unspecified atom stereocenters. The summed E-state index contributed by atoms with van der Waals surface area (Å²) < 4.78 is 7.37. The molecule has 0 bridgehead atoms. The fraction of sp³-hybridized carbons (Fsp3) is 0.348. The Kier molecular flexibility index (Phi) is 6.65. The number of carbonyl (C=O) groups excluding carboxylic acids is 1. The van der Waals surface area contributed by atoms with Crippen molar-refractivity contribution in [2.75, 3.05) is 6.54 Å². The zero-order valence-corrected chi connectivity index (χ0v) is 17.2. The Hall–Kier alpha value is -3.15. The second-order valence-electron chi connectivity index (χ2n) is 7.22. The molecule has 0 atom stereocenters. The molecule has 1 amide bonds. The first-order chi connectivity index (χ1) is 14.0. The molecule has 0 spiro atoms. The summed E-state index contributed by atoms with van der Waals surface area (Å²) in [5.41, 5.74) is 1.36. The van der Waals surface area contributed by atoms with Gasteiger partial charge in [-0.1, -0.05) is 37.3 Å². The van der Waals surface area contributed by atoms with E-state index in [1.165, 1.54) is 5.56 Å². The lowest BCUT2D eigenvalue weighted by Gasteiger charge is -2.22. The SMILES string of the molecule is CCCN(Cc1nccn1C)C(=O)c1c(C)cc(CCc2ccccc2)oc1=O. The Balaban J connectivity index is 1.80. The summed E-state index contributed by atoms with van der Waals surface area (Å²) in [6.45, 7) is 4.69. The van der Waals surface area contributed by atoms with Crippen LogP contribution >= 0.6 is 0 Å². The molecule has 29 heavy (non-hydrogen) atoms. The molecule has 0 aliphatic carbocycles. The number of rotatable bonds is 8. The number of benzene rings is 1. The van der Waals surface area contributed by atoms with E-state index < -0.39 is 5.63 Å². The van der Waals surface area contributed by atoms with Gasteiger partial charge in [0.05, 0.1) is 6.54 Å². The highest BCUT2D eigenvalue weighted by molar-refractivity contribution is 5.95. The lowest BCUT2D eigenvalue weighted by Crippen LogP contribution is -2.36. The molecule has 0 radical (unpaired) electrons. The molecule has 6 nitrogen and oxygen atoms in total. The number of hydrogen-bond donors (Lipinski definition) is 0. The molecule has 0 saturated carbocycles. The van der Waals surface area contributed by atoms with Gasteiger partial charge in [0.25, 0.3) is 5.91 Å². The van der Waals surface area contributed by atoms with Gasteiger partial charge in [0.15, 0.2) is 0 Å². The van der Waals surface area contributed by atoms with Crippen molar-refractivity contribution >= 4 is 5.91 Å². The van der Waals surface area contributed by atoms with Crippen molar-refractivity contribution in [3.05, 3.63) is 87.5 Å². The Morgan fingerprint density at radius 1 is 1.21 bits per heavy atom. The van der Waals surface area contributed by atoms with E-state index in [-0.39, 0.29) is 11.5 Å². The standard InChI is InChI=1S/C23H27N3O3/c1-4-13-26(16-20-24-12-14-25(20)3)22(27)21-17(2)15-19(29-23(21)28)11-10-18-8-6-5-7-9-18/h5-9,12,14-15H,4,10-11,13,16H2,1-3H3. The van der Waals surface area contributed by atoms with Crippen LogP contribution in [0.2, 0.25) is 0 Å². The molecule has 0 saturated heterocycles. The van der Waals surface area contributed by atoms with Crippen molar-refractivity contribution in [3.8, 4) is 0 Å². The topological polar surface area (TPSA) is 68.3 Å². The molecule has 0 aliphatic rings. The lowest BCUT2D eigenvalue weighted by atomic mass is 10.1. The van der Waals surface area contributed by atoms with Gasteiger partial charge in [-0.25, -0.2) is 9.78 Å². The maximum absolute atomic E-state index is 13.1. The molecule has 0 fully saturated rings. The van der Waals surface area contributed by atoms with Gasteiger partial charge in [-0.15, -0.1) is 0 Å². The highest BCUT2D eigenvalue weighted by atomic mass is 16.4. The Morgan fingerprint density at radius 2 is 1.97 bits per heavy atom. The van der Waals surface area contributed by atoms with Crippen LogP contribution in [0.25, 0.3) is 0 Å². The summed E-state index contributed by atoms with van der Waals surface area (Å²) in [6, 6.07) is 11.8. The maximum Gasteiger partial charge on any atom is 0.349 e. The van der Waals surface area contributed by atoms with Crippen LogP contribution in [0, 0.1) is 6.92 Å². The average Bonchev–Trinajstić information content (AvgIpc) is 3.11. The van der Waals surface area contributed by atoms with Gasteiger partial charge < -0.3 is 13.9 Å². The van der Waals surface area contributed by atoms with Crippen LogP contribution in [0.1, 0.15) is 46.4 Å². The van der Waals surface area contributed by atoms with Crippen LogP contribution in [0.4, 0.5) is 0 Å². The van der Waals surface area contributed by atoms with Crippen molar-refractivity contribution in [2.45, 2.75) is 39.7 Å². The number of amides is 1. The third-order valence-corrected chi connectivity index (χ3v) is 4.95. The molecule has 2 heterocycles. The Labute approximate surface area is 170 Å². The van der Waals surface area contributed by atoms with Crippen LogP contribution in [-0.2, 0) is 26.4 Å². The van der Waals surface area contributed by atoms with Gasteiger partial charge in [-0.2, -0.15) is 0 Å². The van der Waals surface area contributed by atoms with Crippen LogP contribution in [0.15, 0.2) is 58.0 Å². The summed E-state index contributed by atoms with van der Waals surface area (Å²) in [5.74, 6) is 1.06. The molecule has 1 aromatic carbocycles. The minimum atomic E-state index is -0.570. The van der Waals surface area contributed by atoms with Gasteiger partial charge in [-0.3, -0.25) is 4.79 Å². The molecule has 3 rings (SSSR count). The van der Waals surface area contributed by atoms with Gasteiger partial charge >= 0.3 is 5.63 Å². The van der Waals surface area contributed by atoms with Crippen molar-refractivity contribution in [3.63, 3.8) is 0 Å². The first-order valence-corrected chi connectivity index (χ1v) is 9.92. The quantitative estimate of drug-likeness (QED) is 0.587. The summed E-state index contributed by atoms with van der Waals surface area (Å²) in [7, 11) is 1.89. The van der Waals surface area contributed by atoms with Crippen LogP contribution < -0.4 is 5.63 Å². The van der Waals surface area contributed by atoms with Crippen molar-refractivity contribution in [1.29, 1.82) is 0 Å². The first-order valence-electron chi connectivity index (χ1n) is 9.92. The monoisotopic (exact) mass is 393 g/mol. The summed E-state index contributed by atoms with van der Waals surface area (Å²) in [4.78, 5) is 31.7. The van der Waals surface area contributed by atoms with Gasteiger partial charge in [0, 0.05) is 32.4 Å². The maximum atomic E-state index is 13.1. The number of imidazole rings is 1. The molecule has 2 aromatic heterocycles. The average molecular weight is 393 g/mol. The fourth-order valence-electron chi connectivity index (χ4n) is 3.37. The molecular weight excluding hydrogens is 366 g/mol. The van der Waals surface area contributed by atoms with E-state index in [4.69, 9.17) is 4.42 Å². The molecule has 3 aromatic rings. The minimum Gasteiger partial charge on any atom is -0.427 e. The van der Waals surface area contributed by atoms with Crippen LogP contribution in [0.5, 0.6) is 0 Å². The zero-order valence-electron chi connectivity index (χ0n) is 17.2. The molecular formula is C23H27N3O3. The molecule has 0 aliphatic heterocycles. The summed E-state index contributed by atoms with van der Waals surface area (Å²) in [6.07, 6.45) is 5.71. The van der Waals surface area contributed by atoms with E-state index >= 15 is 0 Å². The van der Waals surface area contributed by atoms with Crippen molar-refractivity contribution in [2.24, 2.45) is 7.05 Å². The zero-order chi connectivity index (χ0) is 20.8. The van der Waals surface area contributed by atoms with Crippen molar-refractivity contribution < 1.29 is 9.21 Å². The van der Waals surface area contributed by atoms with E-state index in [2.05, 4.69) is 4.98 Å². The molecule has 0 N–H and O–H groups in total. The highest BCUT2D eigenvalue weighted by Gasteiger charge is 2.23. The van der Waals surface area contributed by atoms with Gasteiger partial charge in [0.2, 0.25) is 0 Å². The smallest absolute Gasteiger partial charge is 0.349 e. The summed E-state index contributed by atoms with van der Waals surface area (Å²) in [5, 5.41) is 0. The summed E-state index contributed by atoms with van der Waals surface area (Å²) >= 11 is 0. The predicted molar refractivity (Wildman–Crippen MR) is 112 cm³/mol. The normalized spacial score (nSPS) is 10.9. The Morgan fingerprint density at radius 3 is 2.59 bits per heavy atom. The van der Waals surface area contributed by atoms with Crippen LogP contribution in [0.3, 0.4) is 0 Å². The van der Waals surface area contributed by atoms with Gasteiger partial charge in [-0.05, 0) is 37.0 Å². The number of hydrogen-bond acceptors (Lipinski definition) is 4. The number of aromatic nitrogens is 2. The van der Waals surface area contributed by atoms with E-state index in [1.54, 1.807) is 18.0 Å². The lowest BCUT2D eigenvalue weighted by molar-refractivity contribution is 0.0731. The number of carbonyl (C=O) groups is 1. The third-order valence-electron chi connectivity index (χ3n) is 4.95. The van der Waals surface area contributed by atoms with E-state index in [9.17, 15) is 9.59 Å². The fourth-order valence-corrected chi connectivity index (χ4v) is 3.37. The largest absolute Gasteiger partial charge is 0.427 e. The van der Waals surface area contributed by atoms with Crippen molar-refractivity contribution in [1.82, 2.24) is 14.5 Å². The Bertz CT molecular complexity index is 1020. The van der Waals surface area contributed by atoms with E-state index in [1.807, 2.05) is 61.1 Å². The van der Waals surface area contributed by atoms with Crippen LogP contribution in [-0.4, -0.2) is 26.9 Å². The highest BCUT2D eigenvalue weighted by Crippen LogP contribution is 2.14. The van der Waals surface area contributed by atoms with E-state index in [0.29, 0.717) is 30.8 Å². The molecule has 152 valence electrons. The molecule has 6 heteroatoms. The first kappa shape index (κ1) is 20.6. The predicted octanol–water partition coefficient (Wildman–Crippen LogP) is 3.52. The number of nitrogens with zero attached hydrogens (tertiary/aromatic N) is 3. The van der Waals surface area contributed by atoms with E-state index in [0.717, 1.165) is 18.7 Å². The third kappa shape index (κ3) is 5.02. The van der Waals surface area contributed by atoms with Gasteiger partial charge in [0.1, 0.15) is 17.1 Å².